The number of piperidine rings is 1. The third-order valence-corrected chi connectivity index (χ3v) is 7.00. The number of carbonyl (C=O) groups is 1. The predicted molar refractivity (Wildman–Crippen MR) is 133 cm³/mol. The van der Waals surface area contributed by atoms with Gasteiger partial charge in [0.15, 0.2) is 0 Å². The summed E-state index contributed by atoms with van der Waals surface area (Å²) >= 11 is 0. The standard InChI is InChI=1S/C27H41N3O3/c1-20(2)30(22-9-8-14-28-18-22)26(31)17-25-27(33-19-21-12-13-21)23-10-4-5-11-24(23)29(25)15-6-7-16-32-3/h4-5,10-11,20-22,28H,6-9,12-19H2,1-3H3/t22-/m1/s1. The van der Waals surface area contributed by atoms with Crippen LogP contribution in [0.3, 0.4) is 0 Å². The van der Waals surface area contributed by atoms with E-state index in [1.54, 1.807) is 7.11 Å². The van der Waals surface area contributed by atoms with Gasteiger partial charge in [0.1, 0.15) is 5.75 Å². The van der Waals surface area contributed by atoms with E-state index < -0.39 is 0 Å². The number of methoxy groups -OCH3 is 1. The van der Waals surface area contributed by atoms with Gasteiger partial charge in [0.2, 0.25) is 5.91 Å². The third-order valence-electron chi connectivity index (χ3n) is 7.00. The van der Waals surface area contributed by atoms with Crippen molar-refractivity contribution in [2.24, 2.45) is 5.92 Å². The molecule has 0 unspecified atom stereocenters. The summed E-state index contributed by atoms with van der Waals surface area (Å²) in [4.78, 5) is 15.9. The molecule has 0 bridgehead atoms. The van der Waals surface area contributed by atoms with Crippen LogP contribution >= 0.6 is 0 Å². The molecule has 6 nitrogen and oxygen atoms in total. The summed E-state index contributed by atoms with van der Waals surface area (Å²) in [5.74, 6) is 1.79. The van der Waals surface area contributed by atoms with Gasteiger partial charge in [0.05, 0.1) is 24.2 Å². The summed E-state index contributed by atoms with van der Waals surface area (Å²) in [6.45, 7) is 8.58. The molecule has 2 heterocycles. The van der Waals surface area contributed by atoms with E-state index in [4.69, 9.17) is 9.47 Å². The molecule has 0 spiro atoms. The maximum absolute atomic E-state index is 13.8. The number of hydrogen-bond donors (Lipinski definition) is 1. The second-order valence-electron chi connectivity index (χ2n) is 9.97. The normalized spacial score (nSPS) is 18.7. The zero-order chi connectivity index (χ0) is 23.2. The molecular weight excluding hydrogens is 414 g/mol. The highest BCUT2D eigenvalue weighted by molar-refractivity contribution is 5.91. The Morgan fingerprint density at radius 3 is 2.73 bits per heavy atom. The van der Waals surface area contributed by atoms with Gasteiger partial charge < -0.3 is 24.3 Å². The number of ether oxygens (including phenoxy) is 2. The Hall–Kier alpha value is -2.05. The number of nitrogens with one attached hydrogen (secondary N) is 1. The second kappa shape index (κ2) is 11.4. The quantitative estimate of drug-likeness (QED) is 0.483. The molecule has 2 aromatic rings. The highest BCUT2D eigenvalue weighted by Crippen LogP contribution is 2.37. The molecule has 1 aromatic carbocycles. The minimum Gasteiger partial charge on any atom is -0.491 e. The lowest BCUT2D eigenvalue weighted by molar-refractivity contribution is -0.135. The van der Waals surface area contributed by atoms with Crippen molar-refractivity contribution in [2.45, 2.75) is 77.4 Å². The van der Waals surface area contributed by atoms with Crippen LogP contribution in [0.1, 0.15) is 58.1 Å². The number of nitrogens with zero attached hydrogens (tertiary/aromatic N) is 2. The monoisotopic (exact) mass is 455 g/mol. The first-order valence-electron chi connectivity index (χ1n) is 12.8. The summed E-state index contributed by atoms with van der Waals surface area (Å²) < 4.78 is 14.0. The molecule has 0 radical (unpaired) electrons. The Balaban J connectivity index is 1.65. The molecule has 1 N–H and O–H groups in total. The summed E-state index contributed by atoms with van der Waals surface area (Å²) in [5.41, 5.74) is 2.20. The zero-order valence-electron chi connectivity index (χ0n) is 20.6. The van der Waals surface area contributed by atoms with Crippen LogP contribution in [0.5, 0.6) is 5.75 Å². The number of unbranched alkanes of at least 4 members (excludes halogenated alkanes) is 1. The second-order valence-corrected chi connectivity index (χ2v) is 9.97. The number of fused-ring (bicyclic) bond motifs is 1. The van der Waals surface area contributed by atoms with Gasteiger partial charge in [-0.2, -0.15) is 0 Å². The number of aryl methyl sites for hydroxylation is 1. The van der Waals surface area contributed by atoms with E-state index in [-0.39, 0.29) is 18.0 Å². The average Bonchev–Trinajstić information content (AvgIpc) is 3.60. The highest BCUT2D eigenvalue weighted by atomic mass is 16.5. The lowest BCUT2D eigenvalue weighted by Crippen LogP contribution is -2.52. The Bertz CT molecular complexity index is 913. The fourth-order valence-corrected chi connectivity index (χ4v) is 5.14. The van der Waals surface area contributed by atoms with Gasteiger partial charge in [0, 0.05) is 44.3 Å². The number of hydrogen-bond acceptors (Lipinski definition) is 4. The summed E-state index contributed by atoms with van der Waals surface area (Å²) in [5, 5.41) is 4.60. The first-order valence-corrected chi connectivity index (χ1v) is 12.8. The lowest BCUT2D eigenvalue weighted by Gasteiger charge is -2.38. The van der Waals surface area contributed by atoms with E-state index in [1.165, 1.54) is 18.4 Å². The average molecular weight is 456 g/mol. The van der Waals surface area contributed by atoms with E-state index in [0.717, 1.165) is 75.4 Å². The molecule has 1 atom stereocenters. The van der Waals surface area contributed by atoms with Crippen LogP contribution in [0, 0.1) is 5.92 Å². The Morgan fingerprint density at radius 2 is 2.03 bits per heavy atom. The number of para-hydroxylation sites is 1. The van der Waals surface area contributed by atoms with Crippen LogP contribution in [0.2, 0.25) is 0 Å². The van der Waals surface area contributed by atoms with E-state index in [1.807, 2.05) is 0 Å². The van der Waals surface area contributed by atoms with Gasteiger partial charge in [-0.1, -0.05) is 12.1 Å². The lowest BCUT2D eigenvalue weighted by atomic mass is 10.0. The first-order chi connectivity index (χ1) is 16.1. The van der Waals surface area contributed by atoms with Crippen molar-refractivity contribution in [3.05, 3.63) is 30.0 Å². The van der Waals surface area contributed by atoms with Crippen molar-refractivity contribution in [1.29, 1.82) is 0 Å². The molecule has 1 saturated heterocycles. The third kappa shape index (κ3) is 5.90. The molecule has 33 heavy (non-hydrogen) atoms. The number of rotatable bonds is 12. The van der Waals surface area contributed by atoms with Gasteiger partial charge in [-0.05, 0) is 77.0 Å². The van der Waals surface area contributed by atoms with Gasteiger partial charge in [-0.15, -0.1) is 0 Å². The minimum atomic E-state index is 0.178. The van der Waals surface area contributed by atoms with Crippen molar-refractivity contribution < 1.29 is 14.3 Å². The minimum absolute atomic E-state index is 0.178. The molecule has 1 aliphatic carbocycles. The Kier molecular flexibility index (Phi) is 8.31. The van der Waals surface area contributed by atoms with Crippen LogP contribution in [-0.2, 0) is 22.5 Å². The number of benzene rings is 1. The maximum Gasteiger partial charge on any atom is 0.229 e. The summed E-state index contributed by atoms with van der Waals surface area (Å²) in [7, 11) is 1.75. The maximum atomic E-state index is 13.8. The van der Waals surface area contributed by atoms with E-state index in [0.29, 0.717) is 12.3 Å². The Labute approximate surface area is 198 Å². The van der Waals surface area contributed by atoms with Crippen molar-refractivity contribution in [3.63, 3.8) is 0 Å². The van der Waals surface area contributed by atoms with Crippen LogP contribution < -0.4 is 10.1 Å². The van der Waals surface area contributed by atoms with Crippen molar-refractivity contribution >= 4 is 16.8 Å². The van der Waals surface area contributed by atoms with Gasteiger partial charge in [-0.3, -0.25) is 4.79 Å². The van der Waals surface area contributed by atoms with Crippen molar-refractivity contribution in [3.8, 4) is 5.75 Å². The molecule has 1 aliphatic heterocycles. The molecule has 1 amide bonds. The van der Waals surface area contributed by atoms with Crippen LogP contribution in [0.4, 0.5) is 0 Å². The van der Waals surface area contributed by atoms with Crippen molar-refractivity contribution in [2.75, 3.05) is 33.4 Å². The zero-order valence-corrected chi connectivity index (χ0v) is 20.6. The predicted octanol–water partition coefficient (Wildman–Crippen LogP) is 4.39. The number of carbonyl (C=O) groups excluding carboxylic acids is 1. The summed E-state index contributed by atoms with van der Waals surface area (Å²) in [6.07, 6.45) is 7.09. The fraction of sp³-hybridized carbons (Fsp3) is 0.667. The molecule has 182 valence electrons. The molecule has 6 heteroatoms. The van der Waals surface area contributed by atoms with Crippen molar-refractivity contribution in [1.82, 2.24) is 14.8 Å². The van der Waals surface area contributed by atoms with Gasteiger partial charge >= 0.3 is 0 Å². The van der Waals surface area contributed by atoms with Gasteiger partial charge in [-0.25, -0.2) is 0 Å². The molecule has 2 fully saturated rings. The molecule has 1 aromatic heterocycles. The van der Waals surface area contributed by atoms with Crippen LogP contribution in [0.15, 0.2) is 24.3 Å². The first kappa shape index (κ1) is 24.1. The molecule has 2 aliphatic rings. The number of amides is 1. The smallest absolute Gasteiger partial charge is 0.229 e. The Morgan fingerprint density at radius 1 is 1.21 bits per heavy atom. The largest absolute Gasteiger partial charge is 0.491 e. The van der Waals surface area contributed by atoms with Crippen LogP contribution in [0.25, 0.3) is 10.9 Å². The van der Waals surface area contributed by atoms with Gasteiger partial charge in [0.25, 0.3) is 0 Å². The van der Waals surface area contributed by atoms with E-state index >= 15 is 0 Å². The molecule has 1 saturated carbocycles. The topological polar surface area (TPSA) is 55.7 Å². The van der Waals surface area contributed by atoms with E-state index in [9.17, 15) is 4.79 Å². The van der Waals surface area contributed by atoms with Crippen LogP contribution in [-0.4, -0.2) is 60.9 Å². The molecule has 4 rings (SSSR count). The number of aromatic nitrogens is 1. The fourth-order valence-electron chi connectivity index (χ4n) is 5.14. The highest BCUT2D eigenvalue weighted by Gasteiger charge is 2.31. The summed E-state index contributed by atoms with van der Waals surface area (Å²) in [6, 6.07) is 8.90. The molecular formula is C27H41N3O3. The van der Waals surface area contributed by atoms with E-state index in [2.05, 4.69) is 52.9 Å². The SMILES string of the molecule is COCCCCn1c(CC(=O)N(C(C)C)[C@@H]2CCCNC2)c(OCC2CC2)c2ccccc21.